The fraction of sp³-hybridized carbons (Fsp3) is 0.462. The maximum Gasteiger partial charge on any atom is 0.197 e. The Hall–Kier alpha value is -1.40. The fourth-order valence-corrected chi connectivity index (χ4v) is 3.01. The van der Waals surface area contributed by atoms with Crippen molar-refractivity contribution < 1.29 is 12.8 Å². The molecule has 1 aliphatic carbocycles. The summed E-state index contributed by atoms with van der Waals surface area (Å²) in [7, 11) is -3.22. The standard InChI is InChI=1S/C13H16N2O3S/c1-19(16,17)9-3-4-11-10(7-9)15-12(18-11)8-13(14)5-2-6-13/h3-4,7H,2,5-6,8,14H2,1H3. The molecule has 3 rings (SSSR count). The van der Waals surface area contributed by atoms with Gasteiger partial charge in [0.05, 0.1) is 4.90 Å². The number of hydrogen-bond acceptors (Lipinski definition) is 5. The predicted molar refractivity (Wildman–Crippen MR) is 71.6 cm³/mol. The highest BCUT2D eigenvalue weighted by molar-refractivity contribution is 7.90. The minimum atomic E-state index is -3.22. The highest BCUT2D eigenvalue weighted by atomic mass is 32.2. The second kappa shape index (κ2) is 4.05. The van der Waals surface area contributed by atoms with Crippen molar-refractivity contribution in [3.05, 3.63) is 24.1 Å². The first-order chi connectivity index (χ1) is 8.86. The average Bonchev–Trinajstić information content (AvgIpc) is 2.66. The van der Waals surface area contributed by atoms with Gasteiger partial charge < -0.3 is 10.2 Å². The summed E-state index contributed by atoms with van der Waals surface area (Å²) in [5.41, 5.74) is 7.14. The number of rotatable bonds is 3. The van der Waals surface area contributed by atoms with E-state index in [9.17, 15) is 8.42 Å². The molecular formula is C13H16N2O3S. The Morgan fingerprint density at radius 1 is 1.42 bits per heavy atom. The highest BCUT2D eigenvalue weighted by Crippen LogP contribution is 2.33. The second-order valence-corrected chi connectivity index (χ2v) is 7.42. The van der Waals surface area contributed by atoms with E-state index in [4.69, 9.17) is 10.2 Å². The summed E-state index contributed by atoms with van der Waals surface area (Å²) in [6, 6.07) is 4.72. The van der Waals surface area contributed by atoms with Crippen LogP contribution in [0.3, 0.4) is 0 Å². The molecule has 0 unspecified atom stereocenters. The summed E-state index contributed by atoms with van der Waals surface area (Å²) in [6.07, 6.45) is 4.91. The van der Waals surface area contributed by atoms with Crippen LogP contribution in [0.5, 0.6) is 0 Å². The number of benzene rings is 1. The van der Waals surface area contributed by atoms with Gasteiger partial charge in [-0.15, -0.1) is 0 Å². The molecule has 0 spiro atoms. The Bertz CT molecular complexity index is 729. The van der Waals surface area contributed by atoms with Crippen molar-refractivity contribution >= 4 is 20.9 Å². The number of aromatic nitrogens is 1. The first-order valence-corrected chi connectivity index (χ1v) is 8.13. The molecule has 1 aromatic carbocycles. The Morgan fingerprint density at radius 2 is 2.16 bits per heavy atom. The van der Waals surface area contributed by atoms with Gasteiger partial charge in [0.15, 0.2) is 21.3 Å². The van der Waals surface area contributed by atoms with Gasteiger partial charge in [-0.3, -0.25) is 0 Å². The number of fused-ring (bicyclic) bond motifs is 1. The van der Waals surface area contributed by atoms with Crippen LogP contribution >= 0.6 is 0 Å². The molecule has 2 N–H and O–H groups in total. The van der Waals surface area contributed by atoms with Crippen molar-refractivity contribution in [1.29, 1.82) is 0 Å². The third-order valence-electron chi connectivity index (χ3n) is 3.68. The number of sulfone groups is 1. The van der Waals surface area contributed by atoms with E-state index >= 15 is 0 Å². The summed E-state index contributed by atoms with van der Waals surface area (Å²) < 4.78 is 28.6. The van der Waals surface area contributed by atoms with Gasteiger partial charge in [-0.1, -0.05) is 0 Å². The Balaban J connectivity index is 1.97. The van der Waals surface area contributed by atoms with Gasteiger partial charge in [-0.2, -0.15) is 0 Å². The first-order valence-electron chi connectivity index (χ1n) is 6.24. The van der Waals surface area contributed by atoms with Crippen LogP contribution in [-0.4, -0.2) is 25.2 Å². The normalized spacial score (nSPS) is 18.4. The lowest BCUT2D eigenvalue weighted by molar-refractivity contribution is 0.232. The van der Waals surface area contributed by atoms with Crippen LogP contribution in [0.4, 0.5) is 0 Å². The lowest BCUT2D eigenvalue weighted by atomic mass is 9.75. The van der Waals surface area contributed by atoms with Gasteiger partial charge in [-0.25, -0.2) is 13.4 Å². The van der Waals surface area contributed by atoms with Gasteiger partial charge in [0.25, 0.3) is 0 Å². The van der Waals surface area contributed by atoms with Crippen molar-refractivity contribution in [3.63, 3.8) is 0 Å². The van der Waals surface area contributed by atoms with E-state index in [1.807, 2.05) is 0 Å². The molecule has 0 radical (unpaired) electrons. The minimum absolute atomic E-state index is 0.194. The van der Waals surface area contributed by atoms with E-state index < -0.39 is 9.84 Å². The van der Waals surface area contributed by atoms with E-state index in [0.717, 1.165) is 19.3 Å². The van der Waals surface area contributed by atoms with Gasteiger partial charge in [0.1, 0.15) is 5.52 Å². The zero-order valence-corrected chi connectivity index (χ0v) is 11.5. The van der Waals surface area contributed by atoms with Crippen LogP contribution in [0, 0.1) is 0 Å². The molecule has 1 fully saturated rings. The van der Waals surface area contributed by atoms with Crippen LogP contribution in [0.25, 0.3) is 11.1 Å². The first kappa shape index (κ1) is 12.6. The molecule has 5 nitrogen and oxygen atoms in total. The number of hydrogen-bond donors (Lipinski definition) is 1. The van der Waals surface area contributed by atoms with Crippen molar-refractivity contribution in [2.75, 3.05) is 6.26 Å². The molecule has 0 amide bonds. The van der Waals surface area contributed by atoms with E-state index in [1.54, 1.807) is 12.1 Å². The Labute approximate surface area is 111 Å². The quantitative estimate of drug-likeness (QED) is 0.924. The molecule has 6 heteroatoms. The maximum atomic E-state index is 11.5. The topological polar surface area (TPSA) is 86.2 Å². The largest absolute Gasteiger partial charge is 0.441 e. The summed E-state index contributed by atoms with van der Waals surface area (Å²) in [5.74, 6) is 0.586. The number of nitrogens with two attached hydrogens (primary N) is 1. The van der Waals surface area contributed by atoms with Gasteiger partial charge >= 0.3 is 0 Å². The average molecular weight is 280 g/mol. The smallest absolute Gasteiger partial charge is 0.197 e. The highest BCUT2D eigenvalue weighted by Gasteiger charge is 2.34. The molecule has 0 saturated heterocycles. The van der Waals surface area contributed by atoms with E-state index in [0.29, 0.717) is 23.4 Å². The van der Waals surface area contributed by atoms with Crippen LogP contribution in [0.1, 0.15) is 25.2 Å². The second-order valence-electron chi connectivity index (χ2n) is 5.40. The molecule has 0 aliphatic heterocycles. The van der Waals surface area contributed by atoms with Gasteiger partial charge in [0.2, 0.25) is 0 Å². The molecule has 1 heterocycles. The molecule has 0 bridgehead atoms. The molecular weight excluding hydrogens is 264 g/mol. The SMILES string of the molecule is CS(=O)(=O)c1ccc2oc(CC3(N)CCC3)nc2c1. The van der Waals surface area contributed by atoms with Crippen molar-refractivity contribution in [2.24, 2.45) is 5.73 Å². The van der Waals surface area contributed by atoms with Crippen molar-refractivity contribution in [3.8, 4) is 0 Å². The van der Waals surface area contributed by atoms with E-state index in [1.165, 1.54) is 12.3 Å². The summed E-state index contributed by atoms with van der Waals surface area (Å²) in [5, 5.41) is 0. The third kappa shape index (κ3) is 2.37. The molecule has 2 aromatic rings. The summed E-state index contributed by atoms with van der Waals surface area (Å²) in [6.45, 7) is 0. The molecule has 102 valence electrons. The van der Waals surface area contributed by atoms with Crippen LogP contribution < -0.4 is 5.73 Å². The Kier molecular flexibility index (Phi) is 2.69. The van der Waals surface area contributed by atoms with Crippen molar-refractivity contribution in [1.82, 2.24) is 4.98 Å². The van der Waals surface area contributed by atoms with E-state index in [-0.39, 0.29) is 10.4 Å². The summed E-state index contributed by atoms with van der Waals surface area (Å²) in [4.78, 5) is 4.60. The van der Waals surface area contributed by atoms with Crippen LogP contribution in [-0.2, 0) is 16.3 Å². The minimum Gasteiger partial charge on any atom is -0.441 e. The maximum absolute atomic E-state index is 11.5. The zero-order valence-electron chi connectivity index (χ0n) is 10.7. The Morgan fingerprint density at radius 3 is 2.74 bits per heavy atom. The van der Waals surface area contributed by atoms with E-state index in [2.05, 4.69) is 4.98 Å². The number of oxazole rings is 1. The fourth-order valence-electron chi connectivity index (χ4n) is 2.37. The van der Waals surface area contributed by atoms with Crippen LogP contribution in [0.15, 0.2) is 27.5 Å². The predicted octanol–water partition coefficient (Wildman–Crippen LogP) is 1.66. The lowest BCUT2D eigenvalue weighted by Crippen LogP contribution is -2.48. The molecule has 1 aliphatic rings. The van der Waals surface area contributed by atoms with Crippen molar-refractivity contribution in [2.45, 2.75) is 36.1 Å². The molecule has 1 saturated carbocycles. The van der Waals surface area contributed by atoms with Gasteiger partial charge in [-0.05, 0) is 37.5 Å². The van der Waals surface area contributed by atoms with Gasteiger partial charge in [0, 0.05) is 18.2 Å². The summed E-state index contributed by atoms with van der Waals surface area (Å²) >= 11 is 0. The lowest BCUT2D eigenvalue weighted by Gasteiger charge is -2.36. The zero-order chi connectivity index (χ0) is 13.7. The molecule has 0 atom stereocenters. The third-order valence-corrected chi connectivity index (χ3v) is 4.79. The monoisotopic (exact) mass is 280 g/mol. The number of nitrogens with zero attached hydrogens (tertiary/aromatic N) is 1. The van der Waals surface area contributed by atoms with Crippen LogP contribution in [0.2, 0.25) is 0 Å². The molecule has 19 heavy (non-hydrogen) atoms. The molecule has 1 aromatic heterocycles.